The molecule has 1 unspecified atom stereocenters. The highest BCUT2D eigenvalue weighted by Gasteiger charge is 2.52. The molecule has 1 atom stereocenters. The molecule has 1 fully saturated rings. The lowest BCUT2D eigenvalue weighted by Crippen LogP contribution is -2.54. The summed E-state index contributed by atoms with van der Waals surface area (Å²) in [6.45, 7) is 2.28. The molecule has 30 heavy (non-hydrogen) atoms. The Labute approximate surface area is 177 Å². The lowest BCUT2D eigenvalue weighted by atomic mass is 9.98. The summed E-state index contributed by atoms with van der Waals surface area (Å²) in [4.78, 5) is 12.2. The smallest absolute Gasteiger partial charge is 0.265 e. The van der Waals surface area contributed by atoms with Crippen molar-refractivity contribution in [1.82, 2.24) is 5.48 Å². The molecule has 0 spiro atoms. The number of benzene rings is 1. The number of hydrogen-bond donors (Lipinski definition) is 2. The van der Waals surface area contributed by atoms with Crippen molar-refractivity contribution in [2.24, 2.45) is 0 Å². The van der Waals surface area contributed by atoms with Gasteiger partial charge >= 0.3 is 0 Å². The molecule has 1 aliphatic rings. The van der Waals surface area contributed by atoms with Gasteiger partial charge in [0.05, 0.1) is 16.8 Å². The Morgan fingerprint density at radius 2 is 1.77 bits per heavy atom. The summed E-state index contributed by atoms with van der Waals surface area (Å²) in [5.74, 6) is -0.584. The first-order chi connectivity index (χ1) is 14.1. The van der Waals surface area contributed by atoms with Crippen LogP contribution in [-0.2, 0) is 29.2 Å². The third kappa shape index (κ3) is 5.32. The van der Waals surface area contributed by atoms with Gasteiger partial charge in [-0.05, 0) is 49.9 Å². The maximum atomic E-state index is 13.2. The van der Waals surface area contributed by atoms with Gasteiger partial charge in [0, 0.05) is 19.5 Å². The average Bonchev–Trinajstić information content (AvgIpc) is 2.72. The van der Waals surface area contributed by atoms with Gasteiger partial charge in [-0.1, -0.05) is 13.3 Å². The van der Waals surface area contributed by atoms with E-state index in [1.165, 1.54) is 36.0 Å². The minimum absolute atomic E-state index is 0.0652. The predicted octanol–water partition coefficient (Wildman–Crippen LogP) is 1.50. The van der Waals surface area contributed by atoms with Crippen molar-refractivity contribution in [1.29, 1.82) is 0 Å². The van der Waals surface area contributed by atoms with Crippen molar-refractivity contribution < 1.29 is 36.3 Å². The molecule has 2 rings (SSSR count). The number of carbonyl (C=O) groups excluding carboxylic acids is 1. The fraction of sp³-hybridized carbons (Fsp3) is 0.632. The van der Waals surface area contributed by atoms with E-state index in [-0.39, 0.29) is 37.6 Å². The molecule has 0 aliphatic carbocycles. The summed E-state index contributed by atoms with van der Waals surface area (Å²) in [7, 11) is -7.26. The second-order valence-corrected chi connectivity index (χ2v) is 12.0. The molecule has 0 bridgehead atoms. The molecule has 1 aliphatic heterocycles. The van der Waals surface area contributed by atoms with E-state index < -0.39 is 35.6 Å². The maximum Gasteiger partial charge on any atom is 0.265 e. The minimum atomic E-state index is -4.10. The highest BCUT2D eigenvalue weighted by molar-refractivity contribution is 7.93. The number of hydroxylamine groups is 1. The Morgan fingerprint density at radius 1 is 1.17 bits per heavy atom. The van der Waals surface area contributed by atoms with Crippen molar-refractivity contribution in [3.63, 3.8) is 0 Å². The molecule has 0 saturated carbocycles. The van der Waals surface area contributed by atoms with E-state index in [0.29, 0.717) is 18.6 Å². The van der Waals surface area contributed by atoms with Crippen LogP contribution in [0.5, 0.6) is 5.75 Å². The van der Waals surface area contributed by atoms with Crippen molar-refractivity contribution in [3.8, 4) is 5.75 Å². The first kappa shape index (κ1) is 24.6. The molecular formula is C19H29NO8S2. The predicted molar refractivity (Wildman–Crippen MR) is 110 cm³/mol. The fourth-order valence-electron chi connectivity index (χ4n) is 3.56. The van der Waals surface area contributed by atoms with Crippen molar-refractivity contribution >= 4 is 25.6 Å². The zero-order chi connectivity index (χ0) is 22.4. The normalized spacial score (nSPS) is 17.8. The van der Waals surface area contributed by atoms with Gasteiger partial charge in [-0.15, -0.1) is 0 Å². The monoisotopic (exact) mass is 463 g/mol. The number of nitrogens with one attached hydrogen (secondary N) is 1. The zero-order valence-corrected chi connectivity index (χ0v) is 18.8. The van der Waals surface area contributed by atoms with Gasteiger partial charge in [0.15, 0.2) is 14.6 Å². The summed E-state index contributed by atoms with van der Waals surface area (Å²) in [6.07, 6.45) is 2.72. The number of carbonyl (C=O) groups is 1. The van der Waals surface area contributed by atoms with Crippen LogP contribution in [-0.4, -0.2) is 64.0 Å². The Kier molecular flexibility index (Phi) is 8.26. The molecule has 1 aromatic rings. The number of ether oxygens (including phenoxy) is 2. The molecule has 1 aromatic carbocycles. The van der Waals surface area contributed by atoms with Crippen LogP contribution in [0.1, 0.15) is 39.0 Å². The molecule has 0 aromatic heterocycles. The zero-order valence-electron chi connectivity index (χ0n) is 17.2. The second kappa shape index (κ2) is 10.1. The summed E-state index contributed by atoms with van der Waals surface area (Å²) < 4.78 is 58.9. The highest BCUT2D eigenvalue weighted by atomic mass is 32.2. The first-order valence-corrected chi connectivity index (χ1v) is 13.2. The molecule has 1 amide bonds. The maximum absolute atomic E-state index is 13.2. The lowest BCUT2D eigenvalue weighted by Gasteiger charge is -2.34. The number of amides is 1. The van der Waals surface area contributed by atoms with Crippen LogP contribution in [0.2, 0.25) is 0 Å². The van der Waals surface area contributed by atoms with E-state index in [1.807, 2.05) is 6.92 Å². The Balaban J connectivity index is 2.13. The molecule has 0 radical (unpaired) electrons. The Hall–Kier alpha value is -1.69. The molecule has 2 N–H and O–H groups in total. The summed E-state index contributed by atoms with van der Waals surface area (Å²) in [5.41, 5.74) is 1.48. The molecule has 170 valence electrons. The SMILES string of the molecule is CCCC(CCOc1ccc(S(=O)(=O)C2(C(=O)NO)CCOCC2)cc1)S(C)(=O)=O. The Bertz CT molecular complexity index is 920. The lowest BCUT2D eigenvalue weighted by molar-refractivity contribution is -0.134. The van der Waals surface area contributed by atoms with E-state index in [4.69, 9.17) is 14.7 Å². The molecule has 1 heterocycles. The van der Waals surface area contributed by atoms with Gasteiger partial charge in [0.1, 0.15) is 15.6 Å². The van der Waals surface area contributed by atoms with Crippen LogP contribution in [0.4, 0.5) is 0 Å². The molecule has 9 nitrogen and oxygen atoms in total. The average molecular weight is 464 g/mol. The largest absolute Gasteiger partial charge is 0.494 e. The highest BCUT2D eigenvalue weighted by Crippen LogP contribution is 2.35. The molecule has 1 saturated heterocycles. The fourth-order valence-corrected chi connectivity index (χ4v) is 6.69. The number of sulfone groups is 2. The Morgan fingerprint density at radius 3 is 2.27 bits per heavy atom. The van der Waals surface area contributed by atoms with E-state index >= 15 is 0 Å². The number of hydrogen-bond acceptors (Lipinski definition) is 8. The van der Waals surface area contributed by atoms with Crippen LogP contribution < -0.4 is 10.2 Å². The molecule has 11 heteroatoms. The molecular weight excluding hydrogens is 434 g/mol. The topological polar surface area (TPSA) is 136 Å². The van der Waals surface area contributed by atoms with Gasteiger partial charge in [-0.25, -0.2) is 22.3 Å². The summed E-state index contributed by atoms with van der Waals surface area (Å²) in [5, 5.41) is 8.60. The third-order valence-corrected chi connectivity index (χ3v) is 9.59. The number of rotatable bonds is 10. The van der Waals surface area contributed by atoms with Gasteiger partial charge in [0.2, 0.25) is 0 Å². The van der Waals surface area contributed by atoms with Gasteiger partial charge in [-0.2, -0.15) is 0 Å². The van der Waals surface area contributed by atoms with Crippen LogP contribution in [0.15, 0.2) is 29.2 Å². The van der Waals surface area contributed by atoms with E-state index in [1.54, 1.807) is 0 Å². The van der Waals surface area contributed by atoms with Crippen LogP contribution in [0.3, 0.4) is 0 Å². The summed E-state index contributed by atoms with van der Waals surface area (Å²) in [6, 6.07) is 5.61. The van der Waals surface area contributed by atoms with Crippen molar-refractivity contribution in [2.45, 2.75) is 53.9 Å². The van der Waals surface area contributed by atoms with Crippen LogP contribution >= 0.6 is 0 Å². The van der Waals surface area contributed by atoms with Crippen LogP contribution in [0.25, 0.3) is 0 Å². The van der Waals surface area contributed by atoms with E-state index in [9.17, 15) is 21.6 Å². The second-order valence-electron chi connectivity index (χ2n) is 7.40. The van der Waals surface area contributed by atoms with Gasteiger partial charge in [-0.3, -0.25) is 10.0 Å². The van der Waals surface area contributed by atoms with Crippen molar-refractivity contribution in [3.05, 3.63) is 24.3 Å². The first-order valence-electron chi connectivity index (χ1n) is 9.77. The van der Waals surface area contributed by atoms with Crippen LogP contribution in [0, 0.1) is 0 Å². The van der Waals surface area contributed by atoms with Crippen molar-refractivity contribution in [2.75, 3.05) is 26.1 Å². The van der Waals surface area contributed by atoms with E-state index in [2.05, 4.69) is 0 Å². The van der Waals surface area contributed by atoms with Gasteiger partial charge in [0.25, 0.3) is 5.91 Å². The van der Waals surface area contributed by atoms with E-state index in [0.717, 1.165) is 6.42 Å². The standard InChI is InChI=1S/C19H29NO8S2/c1-3-4-16(29(2,23)24)9-12-28-15-5-7-17(8-6-15)30(25,26)19(18(21)20-22)10-13-27-14-11-19/h5-8,16,22H,3-4,9-14H2,1-2H3,(H,20,21). The summed E-state index contributed by atoms with van der Waals surface area (Å²) >= 11 is 0. The van der Waals surface area contributed by atoms with Gasteiger partial charge < -0.3 is 9.47 Å². The quantitative estimate of drug-likeness (QED) is 0.393. The third-order valence-electron chi connectivity index (χ3n) is 5.39. The minimum Gasteiger partial charge on any atom is -0.494 e.